The number of H-pyrrole nitrogens is 4. The summed E-state index contributed by atoms with van der Waals surface area (Å²) < 4.78 is 0. The van der Waals surface area contributed by atoms with Gasteiger partial charge in [0.2, 0.25) is 65.0 Å². The summed E-state index contributed by atoms with van der Waals surface area (Å²) in [6.45, 7) is 5.24. The molecule has 11 atom stereocenters. The molecular formula is C79H99N17O19S. The van der Waals surface area contributed by atoms with Gasteiger partial charge in [-0.2, -0.15) is 11.8 Å². The number of carboxylic acids is 3. The number of nitrogens with zero attached hydrogens (tertiary/aromatic N) is 1. The van der Waals surface area contributed by atoms with Crippen LogP contribution in [0.1, 0.15) is 94.2 Å². The topological polar surface area (TPSA) is 575 Å². The van der Waals surface area contributed by atoms with Gasteiger partial charge in [0.25, 0.3) is 0 Å². The number of rotatable bonds is 46. The minimum Gasteiger partial charge on any atom is -0.508 e. The number of aromatic amines is 4. The highest BCUT2D eigenvalue weighted by molar-refractivity contribution is 7.98. The van der Waals surface area contributed by atoms with Gasteiger partial charge < -0.3 is 110 Å². The lowest BCUT2D eigenvalue weighted by Crippen LogP contribution is -2.61. The summed E-state index contributed by atoms with van der Waals surface area (Å²) in [6, 6.07) is 9.32. The van der Waals surface area contributed by atoms with Gasteiger partial charge in [-0.25, -0.2) is 4.98 Å². The molecular weight excluding hydrogens is 1520 g/mol. The molecule has 4 aromatic heterocycles. The Labute approximate surface area is 669 Å². The van der Waals surface area contributed by atoms with Crippen molar-refractivity contribution in [1.29, 1.82) is 0 Å². The Hall–Kier alpha value is -12.6. The molecule has 0 saturated heterocycles. The van der Waals surface area contributed by atoms with Gasteiger partial charge in [0.1, 0.15) is 72.7 Å². The van der Waals surface area contributed by atoms with E-state index in [9.17, 15) is 78.3 Å². The number of thioether (sulfide) groups is 1. The summed E-state index contributed by atoms with van der Waals surface area (Å²) in [4.78, 5) is 212. The van der Waals surface area contributed by atoms with Gasteiger partial charge in [-0.3, -0.25) is 67.1 Å². The lowest BCUT2D eigenvalue weighted by atomic mass is 9.98. The standard InChI is InChI=1S/C79H99N17O19S/c1-41(2)26-58(70(106)85-38-68(103)104)90-73(109)59(27-42(3)4)91-74(110)60(28-43-18-20-48(98)21-19-43)92-75(111)62(31-46-36-84-55-17-11-8-14-51(46)55)94-76(112)61(30-45-35-83-54-16-10-7-13-50(45)54)93-71(107)56(22-23-66(99)100)87-72(108)57(24-25-116-5)88-78(114)64(33-67(101)102)95-79(115)65(39-97)96-77(113)63(32-47-37-81-40-86-47)89-69(105)52(80)29-44-34-82-53-15-9-6-12-49(44)53/h6-21,34-37,40-42,52,56-65,82-84,97-98H,22-33,38-39,80H2,1-5H3,(H,81,86)(H,85,106)(H,87,108)(H,88,114)(H,89,105)(H,90,109)(H,91,110)(H,92,111)(H,93,107)(H,94,112)(H,95,115)(H,96,113)(H,99,100)(H,101,102)(H,103,104)/t52-,56-,57-,58-,59-,60-,61-,62-,63-,64-,65-/m0/s1. The summed E-state index contributed by atoms with van der Waals surface area (Å²) in [6.07, 6.45) is 5.38. The zero-order valence-electron chi connectivity index (χ0n) is 64.4. The van der Waals surface area contributed by atoms with Crippen molar-refractivity contribution in [3.63, 3.8) is 0 Å². The van der Waals surface area contributed by atoms with Crippen LogP contribution in [0.2, 0.25) is 0 Å². The van der Waals surface area contributed by atoms with E-state index in [2.05, 4.69) is 83.4 Å². The Balaban J connectivity index is 1.04. The van der Waals surface area contributed by atoms with Crippen LogP contribution < -0.4 is 64.2 Å². The number of aliphatic carboxylic acids is 3. The zero-order chi connectivity index (χ0) is 84.3. The molecule has 620 valence electrons. The average molecular weight is 1620 g/mol. The molecule has 36 nitrogen and oxygen atoms in total. The number of nitrogens with one attached hydrogen (secondary N) is 15. The number of phenols is 1. The Kier molecular flexibility index (Phi) is 33.0. The fourth-order valence-corrected chi connectivity index (χ4v) is 13.5. The highest BCUT2D eigenvalue weighted by atomic mass is 32.2. The number of aliphatic hydroxyl groups excluding tert-OH is 1. The van der Waals surface area contributed by atoms with Gasteiger partial charge in [0, 0.05) is 95.3 Å². The largest absolute Gasteiger partial charge is 0.508 e. The molecule has 0 aliphatic rings. The predicted octanol–water partition coefficient (Wildman–Crippen LogP) is 0.626. The van der Waals surface area contributed by atoms with Crippen molar-refractivity contribution in [3.8, 4) is 5.75 Å². The van der Waals surface area contributed by atoms with E-state index in [1.165, 1.54) is 48.6 Å². The van der Waals surface area contributed by atoms with Gasteiger partial charge in [0.05, 0.1) is 25.4 Å². The van der Waals surface area contributed by atoms with E-state index in [0.29, 0.717) is 49.8 Å². The number of aromatic nitrogens is 5. The molecule has 0 bridgehead atoms. The molecule has 0 spiro atoms. The maximum absolute atomic E-state index is 15.5. The third kappa shape index (κ3) is 26.5. The second kappa shape index (κ2) is 43.0. The van der Waals surface area contributed by atoms with E-state index < -0.39 is 182 Å². The molecule has 11 amide bonds. The number of carbonyl (C=O) groups is 14. The number of amides is 11. The Morgan fingerprint density at radius 1 is 0.422 bits per heavy atom. The third-order valence-electron chi connectivity index (χ3n) is 19.0. The number of imidazole rings is 1. The van der Waals surface area contributed by atoms with Crippen molar-refractivity contribution in [1.82, 2.24) is 83.4 Å². The number of hydrogen-bond donors (Lipinski definition) is 21. The molecule has 0 aliphatic carbocycles. The summed E-state index contributed by atoms with van der Waals surface area (Å²) in [5.41, 5.74) is 10.8. The molecule has 0 aliphatic heterocycles. The van der Waals surface area contributed by atoms with Crippen LogP contribution in [0.25, 0.3) is 32.7 Å². The van der Waals surface area contributed by atoms with Crippen molar-refractivity contribution in [2.24, 2.45) is 17.6 Å². The second-order valence-electron chi connectivity index (χ2n) is 28.9. The van der Waals surface area contributed by atoms with E-state index in [1.54, 1.807) is 101 Å². The molecule has 0 radical (unpaired) electrons. The minimum atomic E-state index is -2.04. The van der Waals surface area contributed by atoms with Crippen LogP contribution in [0.5, 0.6) is 5.75 Å². The number of fused-ring (bicyclic) bond motifs is 3. The molecule has 4 aromatic carbocycles. The number of phenolic OH excluding ortho intramolecular Hbond substituents is 1. The summed E-state index contributed by atoms with van der Waals surface area (Å²) >= 11 is 1.20. The van der Waals surface area contributed by atoms with Gasteiger partial charge in [-0.05, 0) is 109 Å². The monoisotopic (exact) mass is 1620 g/mol. The first-order valence-electron chi connectivity index (χ1n) is 37.6. The summed E-state index contributed by atoms with van der Waals surface area (Å²) in [5.74, 6) is -16.0. The molecule has 22 N–H and O–H groups in total. The molecule has 0 fully saturated rings. The molecule has 0 saturated carbocycles. The average Bonchev–Trinajstić information content (AvgIpc) is 1.64. The number of benzene rings is 4. The number of para-hydroxylation sites is 3. The van der Waals surface area contributed by atoms with Gasteiger partial charge in [-0.1, -0.05) is 94.4 Å². The Morgan fingerprint density at radius 3 is 1.26 bits per heavy atom. The van der Waals surface area contributed by atoms with Gasteiger partial charge >= 0.3 is 17.9 Å². The van der Waals surface area contributed by atoms with Crippen LogP contribution in [0.4, 0.5) is 0 Å². The second-order valence-corrected chi connectivity index (χ2v) is 29.9. The molecule has 116 heavy (non-hydrogen) atoms. The SMILES string of the molecule is CSCC[C@H](NC(=O)[C@H](CC(=O)O)NC(=O)[C@H](CO)NC(=O)[C@H](Cc1cnc[nH]1)NC(=O)[C@@H](N)Cc1c[nH]c2ccccc12)C(=O)N[C@@H](CCC(=O)O)C(=O)N[C@@H](Cc1c[nH]c2ccccc12)C(=O)N[C@@H](Cc1c[nH]c2ccccc12)C(=O)N[C@@H](Cc1ccc(O)cc1)C(=O)N[C@@H](CC(C)C)C(=O)N[C@@H](CC(C)C)C(=O)NCC(=O)O. The summed E-state index contributed by atoms with van der Waals surface area (Å²) in [7, 11) is 0. The highest BCUT2D eigenvalue weighted by Crippen LogP contribution is 2.24. The molecule has 0 unspecified atom stereocenters. The van der Waals surface area contributed by atoms with E-state index in [1.807, 2.05) is 24.3 Å². The first kappa shape index (κ1) is 88.9. The Bertz CT molecular complexity index is 4770. The van der Waals surface area contributed by atoms with E-state index >= 15 is 14.4 Å². The lowest BCUT2D eigenvalue weighted by Gasteiger charge is -2.29. The number of aromatic hydroxyl groups is 1. The number of hydrogen-bond acceptors (Lipinski definition) is 19. The maximum Gasteiger partial charge on any atom is 0.322 e. The van der Waals surface area contributed by atoms with Gasteiger partial charge in [0.15, 0.2) is 0 Å². The van der Waals surface area contributed by atoms with Gasteiger partial charge in [-0.15, -0.1) is 0 Å². The number of nitrogens with two attached hydrogens (primary N) is 1. The van der Waals surface area contributed by atoms with E-state index in [-0.39, 0.29) is 74.7 Å². The fraction of sp³-hybridized carbons (Fsp3) is 0.405. The highest BCUT2D eigenvalue weighted by Gasteiger charge is 2.38. The normalized spacial score (nSPS) is 14.2. The molecule has 4 heterocycles. The summed E-state index contributed by atoms with van der Waals surface area (Å²) in [5, 5.41) is 80.2. The van der Waals surface area contributed by atoms with Crippen LogP contribution in [-0.2, 0) is 99.2 Å². The third-order valence-corrected chi connectivity index (χ3v) is 19.6. The fourth-order valence-electron chi connectivity index (χ4n) is 13.0. The quantitative estimate of drug-likeness (QED) is 0.0249. The predicted molar refractivity (Wildman–Crippen MR) is 426 cm³/mol. The molecule has 8 aromatic rings. The number of aliphatic hydroxyl groups is 1. The van der Waals surface area contributed by atoms with Crippen molar-refractivity contribution >= 4 is 127 Å². The first-order chi connectivity index (χ1) is 55.4. The molecule has 37 heteroatoms. The Morgan fingerprint density at radius 2 is 0.810 bits per heavy atom. The smallest absolute Gasteiger partial charge is 0.322 e. The zero-order valence-corrected chi connectivity index (χ0v) is 65.2. The first-order valence-corrected chi connectivity index (χ1v) is 39.0. The van der Waals surface area contributed by atoms with E-state index in [4.69, 9.17) is 5.73 Å². The number of carboxylic acid groups (broad SMARTS) is 3. The molecule has 8 rings (SSSR count). The van der Waals surface area contributed by atoms with E-state index in [0.717, 1.165) is 10.9 Å². The lowest BCUT2D eigenvalue weighted by molar-refractivity contribution is -0.142. The maximum atomic E-state index is 15.5. The van der Waals surface area contributed by atoms with Crippen LogP contribution in [0, 0.1) is 11.8 Å². The van der Waals surface area contributed by atoms with Crippen molar-refractivity contribution in [2.75, 3.05) is 25.2 Å². The van der Waals surface area contributed by atoms with Crippen LogP contribution in [-0.4, -0.2) is 225 Å². The van der Waals surface area contributed by atoms with Crippen LogP contribution in [0.3, 0.4) is 0 Å². The number of carbonyl (C=O) groups excluding carboxylic acids is 11. The van der Waals surface area contributed by atoms with Crippen molar-refractivity contribution < 1.29 is 92.7 Å². The van der Waals surface area contributed by atoms with Crippen molar-refractivity contribution in [2.45, 2.75) is 165 Å². The minimum absolute atomic E-state index is 0.00365. The van der Waals surface area contributed by atoms with Crippen LogP contribution in [0.15, 0.2) is 128 Å². The van der Waals surface area contributed by atoms with Crippen molar-refractivity contribution in [3.05, 3.63) is 156 Å². The van der Waals surface area contributed by atoms with Crippen LogP contribution >= 0.6 is 11.8 Å².